The maximum absolute atomic E-state index is 13.1. The Hall–Kier alpha value is -3.91. The van der Waals surface area contributed by atoms with Crippen molar-refractivity contribution in [1.82, 2.24) is 14.9 Å². The Kier molecular flexibility index (Phi) is 6.85. The van der Waals surface area contributed by atoms with E-state index in [4.69, 9.17) is 0 Å². The number of halogens is 1. The van der Waals surface area contributed by atoms with Crippen LogP contribution >= 0.6 is 11.3 Å². The maximum atomic E-state index is 13.1. The Bertz CT molecular complexity index is 1330. The molecule has 4 rings (SSSR count). The van der Waals surface area contributed by atoms with E-state index >= 15 is 0 Å². The summed E-state index contributed by atoms with van der Waals surface area (Å²) in [5.74, 6) is -1.00. The second-order valence-electron chi connectivity index (χ2n) is 7.38. The lowest BCUT2D eigenvalue weighted by molar-refractivity contribution is 0.0949. The molecule has 0 aliphatic carbocycles. The fourth-order valence-corrected chi connectivity index (χ4v) is 4.01. The number of aromatic nitrogens is 2. The van der Waals surface area contributed by atoms with E-state index in [1.54, 1.807) is 18.3 Å². The van der Waals surface area contributed by atoms with Crippen LogP contribution in [0.4, 0.5) is 4.39 Å². The molecule has 0 atom stereocenters. The van der Waals surface area contributed by atoms with Crippen molar-refractivity contribution in [3.63, 3.8) is 0 Å². The van der Waals surface area contributed by atoms with Crippen LogP contribution < -0.4 is 10.1 Å². The monoisotopic (exact) mass is 460 g/mol. The summed E-state index contributed by atoms with van der Waals surface area (Å²) < 4.78 is 15.0. The molecule has 8 heteroatoms. The smallest absolute Gasteiger partial charge is 0.279 e. The topological polar surface area (TPSA) is 76.3 Å². The first-order valence-corrected chi connectivity index (χ1v) is 11.1. The molecule has 166 valence electrons. The van der Waals surface area contributed by atoms with Crippen LogP contribution in [-0.2, 0) is 13.1 Å². The second-order valence-corrected chi connectivity index (χ2v) is 8.59. The van der Waals surface area contributed by atoms with Crippen molar-refractivity contribution in [1.29, 1.82) is 0 Å². The van der Waals surface area contributed by atoms with Gasteiger partial charge in [0.05, 0.1) is 12.2 Å². The van der Waals surface area contributed by atoms with Gasteiger partial charge >= 0.3 is 0 Å². The number of thiazole rings is 1. The van der Waals surface area contributed by atoms with E-state index in [2.05, 4.69) is 15.3 Å². The number of nitrogens with zero attached hydrogens (tertiary/aromatic N) is 3. The van der Waals surface area contributed by atoms with Crippen molar-refractivity contribution in [2.75, 3.05) is 0 Å². The standard InChI is InChI=1S/C25H21FN4O2S/c1-17-15-30(25(33-17)29-24(32)20-9-11-21(26)12-10-20)16-18-5-7-19(8-6-18)23(31)28-14-22-4-2-3-13-27-22/h2-13,15H,14,16H2,1H3,(H,28,31). The predicted octanol–water partition coefficient (Wildman–Crippen LogP) is 4.11. The van der Waals surface area contributed by atoms with Gasteiger partial charge in [-0.2, -0.15) is 4.99 Å². The molecule has 1 N–H and O–H groups in total. The number of carbonyl (C=O) groups excluding carboxylic acids is 2. The first-order chi connectivity index (χ1) is 16.0. The Balaban J connectivity index is 1.45. The Morgan fingerprint density at radius 2 is 1.76 bits per heavy atom. The summed E-state index contributed by atoms with van der Waals surface area (Å²) >= 11 is 1.40. The average Bonchev–Trinajstić information content (AvgIpc) is 3.17. The number of hydrogen-bond acceptors (Lipinski definition) is 4. The van der Waals surface area contributed by atoms with Crippen LogP contribution in [0.3, 0.4) is 0 Å². The van der Waals surface area contributed by atoms with Crippen LogP contribution in [0.25, 0.3) is 0 Å². The third-order valence-electron chi connectivity index (χ3n) is 4.85. The van der Waals surface area contributed by atoms with Gasteiger partial charge in [-0.15, -0.1) is 11.3 Å². The van der Waals surface area contributed by atoms with Gasteiger partial charge in [-0.25, -0.2) is 4.39 Å². The molecule has 4 aromatic rings. The third kappa shape index (κ3) is 5.87. The maximum Gasteiger partial charge on any atom is 0.279 e. The number of amides is 2. The molecular weight excluding hydrogens is 439 g/mol. The molecule has 0 unspecified atom stereocenters. The number of nitrogens with one attached hydrogen (secondary N) is 1. The highest BCUT2D eigenvalue weighted by atomic mass is 32.1. The summed E-state index contributed by atoms with van der Waals surface area (Å²) in [7, 11) is 0. The second kappa shape index (κ2) is 10.1. The van der Waals surface area contributed by atoms with Crippen molar-refractivity contribution in [3.05, 3.63) is 117 Å². The molecule has 0 aliphatic rings. The molecule has 0 aliphatic heterocycles. The molecule has 0 saturated heterocycles. The zero-order valence-electron chi connectivity index (χ0n) is 17.9. The number of hydrogen-bond donors (Lipinski definition) is 1. The molecule has 0 fully saturated rings. The van der Waals surface area contributed by atoms with E-state index in [0.29, 0.717) is 29.0 Å². The zero-order valence-corrected chi connectivity index (χ0v) is 18.7. The van der Waals surface area contributed by atoms with E-state index in [1.807, 2.05) is 48.0 Å². The number of benzene rings is 2. The lowest BCUT2D eigenvalue weighted by atomic mass is 10.1. The normalized spacial score (nSPS) is 11.4. The molecule has 6 nitrogen and oxygen atoms in total. The summed E-state index contributed by atoms with van der Waals surface area (Å²) in [6.45, 7) is 2.80. The Labute approximate surface area is 194 Å². The molecule has 0 spiro atoms. The van der Waals surface area contributed by atoms with E-state index in [1.165, 1.54) is 35.6 Å². The van der Waals surface area contributed by atoms with Crippen molar-refractivity contribution >= 4 is 23.2 Å². The first kappa shape index (κ1) is 22.3. The molecule has 0 radical (unpaired) electrons. The van der Waals surface area contributed by atoms with Gasteiger partial charge in [0.25, 0.3) is 11.8 Å². The molecule has 33 heavy (non-hydrogen) atoms. The van der Waals surface area contributed by atoms with Crippen LogP contribution in [-0.4, -0.2) is 21.4 Å². The highest BCUT2D eigenvalue weighted by Gasteiger charge is 2.09. The first-order valence-electron chi connectivity index (χ1n) is 10.3. The number of rotatable bonds is 6. The number of aryl methyl sites for hydroxylation is 1. The van der Waals surface area contributed by atoms with E-state index in [-0.39, 0.29) is 5.91 Å². The quantitative estimate of drug-likeness (QED) is 0.470. The fourth-order valence-electron chi connectivity index (χ4n) is 3.18. The highest BCUT2D eigenvalue weighted by Crippen LogP contribution is 2.10. The minimum absolute atomic E-state index is 0.174. The summed E-state index contributed by atoms with van der Waals surface area (Å²) in [6, 6.07) is 18.2. The molecular formula is C25H21FN4O2S. The predicted molar refractivity (Wildman–Crippen MR) is 124 cm³/mol. The van der Waals surface area contributed by atoms with E-state index in [9.17, 15) is 14.0 Å². The van der Waals surface area contributed by atoms with Crippen LogP contribution in [0.2, 0.25) is 0 Å². The average molecular weight is 461 g/mol. The number of pyridine rings is 1. The molecule has 0 bridgehead atoms. The lowest BCUT2D eigenvalue weighted by Crippen LogP contribution is -2.23. The van der Waals surface area contributed by atoms with Gasteiger partial charge in [0.1, 0.15) is 5.82 Å². The van der Waals surface area contributed by atoms with Crippen LogP contribution in [0.1, 0.15) is 36.9 Å². The molecule has 0 saturated carbocycles. The Morgan fingerprint density at radius 1 is 1.03 bits per heavy atom. The van der Waals surface area contributed by atoms with Crippen molar-refractivity contribution in [3.8, 4) is 0 Å². The molecule has 2 amide bonds. The minimum atomic E-state index is -0.425. The van der Waals surface area contributed by atoms with Crippen LogP contribution in [0.15, 0.2) is 84.1 Å². The van der Waals surface area contributed by atoms with Gasteiger partial charge in [0.15, 0.2) is 4.80 Å². The molecule has 2 heterocycles. The van der Waals surface area contributed by atoms with Crippen molar-refractivity contribution in [2.45, 2.75) is 20.0 Å². The molecule has 2 aromatic carbocycles. The summed E-state index contributed by atoms with van der Waals surface area (Å²) in [5, 5.41) is 2.86. The number of carbonyl (C=O) groups is 2. The van der Waals surface area contributed by atoms with Gasteiger partial charge < -0.3 is 9.88 Å². The van der Waals surface area contributed by atoms with Crippen molar-refractivity contribution in [2.24, 2.45) is 4.99 Å². The van der Waals surface area contributed by atoms with Gasteiger partial charge in [0.2, 0.25) is 0 Å². The lowest BCUT2D eigenvalue weighted by Gasteiger charge is -2.07. The van der Waals surface area contributed by atoms with Gasteiger partial charge in [0, 0.05) is 34.9 Å². The summed E-state index contributed by atoms with van der Waals surface area (Å²) in [5.41, 5.74) is 2.63. The van der Waals surface area contributed by atoms with Crippen LogP contribution in [0.5, 0.6) is 0 Å². The van der Waals surface area contributed by atoms with Gasteiger partial charge in [-0.05, 0) is 61.0 Å². The third-order valence-corrected chi connectivity index (χ3v) is 5.78. The highest BCUT2D eigenvalue weighted by molar-refractivity contribution is 7.09. The van der Waals surface area contributed by atoms with Crippen LogP contribution in [0, 0.1) is 12.7 Å². The SMILES string of the molecule is Cc1cn(Cc2ccc(C(=O)NCc3ccccn3)cc2)c(=NC(=O)c2ccc(F)cc2)s1. The summed E-state index contributed by atoms with van der Waals surface area (Å²) in [6.07, 6.45) is 3.61. The largest absolute Gasteiger partial charge is 0.346 e. The Morgan fingerprint density at radius 3 is 2.45 bits per heavy atom. The van der Waals surface area contributed by atoms with E-state index < -0.39 is 11.7 Å². The van der Waals surface area contributed by atoms with Crippen molar-refractivity contribution < 1.29 is 14.0 Å². The minimum Gasteiger partial charge on any atom is -0.346 e. The fraction of sp³-hybridized carbons (Fsp3) is 0.120. The molecule has 2 aromatic heterocycles. The van der Waals surface area contributed by atoms with Gasteiger partial charge in [-0.1, -0.05) is 18.2 Å². The summed E-state index contributed by atoms with van der Waals surface area (Å²) in [4.78, 5) is 34.9. The zero-order chi connectivity index (χ0) is 23.2. The van der Waals surface area contributed by atoms with Gasteiger partial charge in [-0.3, -0.25) is 14.6 Å². The van der Waals surface area contributed by atoms with E-state index in [0.717, 1.165) is 16.1 Å².